The third-order valence-electron chi connectivity index (χ3n) is 21.5. The maximum atomic E-state index is 2.71. The predicted octanol–water partition coefficient (Wildman–Crippen LogP) is 20.8. The zero-order valence-corrected chi connectivity index (χ0v) is 52.5. The average Bonchev–Trinajstić information content (AvgIpc) is 1.55. The van der Waals surface area contributed by atoms with Gasteiger partial charge >= 0.3 is 0 Å². The Bertz CT molecular complexity index is 6450. The second-order valence-electron chi connectivity index (χ2n) is 26.1. The second-order valence-corrected chi connectivity index (χ2v) is 26.1. The van der Waals surface area contributed by atoms with Crippen molar-refractivity contribution in [3.63, 3.8) is 0 Å². The van der Waals surface area contributed by atoms with Crippen LogP contribution in [0.5, 0.6) is 0 Å². The Balaban J connectivity index is 1.12. The molecule has 0 unspecified atom stereocenters. The fourth-order valence-corrected chi connectivity index (χ4v) is 17.8. The number of hydrogen-bond donors (Lipinski definition) is 0. The monoisotopic (exact) mass is 1230 g/mol. The summed E-state index contributed by atoms with van der Waals surface area (Å²) in [4.78, 5) is 0. The van der Waals surface area contributed by atoms with Crippen molar-refractivity contribution >= 4 is 154 Å². The number of fused-ring (bicyclic) bond motifs is 22. The predicted molar refractivity (Wildman–Crippen MR) is 409 cm³/mol. The van der Waals surface area contributed by atoms with E-state index in [1.807, 2.05) is 0 Å². The molecule has 21 aromatic rings. The Morgan fingerprint density at radius 2 is 0.433 bits per heavy atom. The van der Waals surface area contributed by atoms with Crippen molar-refractivity contribution < 1.29 is 0 Å². The van der Waals surface area contributed by atoms with Gasteiger partial charge in [0.2, 0.25) is 6.71 Å². The van der Waals surface area contributed by atoms with E-state index in [9.17, 15) is 0 Å². The fraction of sp³-hybridized carbons (Fsp3) is 0. The maximum absolute atomic E-state index is 2.71. The molecule has 0 fully saturated rings. The van der Waals surface area contributed by atoms with E-state index in [0.717, 1.165) is 106 Å². The van der Waals surface area contributed by atoms with Gasteiger partial charge in [-0.25, -0.2) is 0 Å². The third-order valence-corrected chi connectivity index (χ3v) is 21.5. The summed E-state index contributed by atoms with van der Waals surface area (Å²) in [5.74, 6) is 0. The molecule has 6 nitrogen and oxygen atoms in total. The lowest BCUT2D eigenvalue weighted by atomic mass is 9.38. The van der Waals surface area contributed by atoms with Crippen molar-refractivity contribution in [2.45, 2.75) is 0 Å². The van der Waals surface area contributed by atoms with Crippen LogP contribution in [0.1, 0.15) is 0 Å². The van der Waals surface area contributed by atoms with Gasteiger partial charge in [-0.2, -0.15) is 0 Å². The van der Waals surface area contributed by atoms with Crippen molar-refractivity contribution in [3.05, 3.63) is 334 Å². The van der Waals surface area contributed by atoms with E-state index < -0.39 is 0 Å². The van der Waals surface area contributed by atoms with Crippen LogP contribution >= 0.6 is 0 Å². The highest BCUT2D eigenvalue weighted by atomic mass is 15.2. The summed E-state index contributed by atoms with van der Waals surface area (Å²) >= 11 is 0. The highest BCUT2D eigenvalue weighted by Gasteiger charge is 2.44. The van der Waals surface area contributed by atoms with E-state index >= 15 is 0 Å². The zero-order chi connectivity index (χ0) is 63.1. The summed E-state index contributed by atoms with van der Waals surface area (Å²) < 4.78 is 16.0. The highest BCUT2D eigenvalue weighted by Crippen LogP contribution is 2.51. The first kappa shape index (κ1) is 52.6. The first-order valence-electron chi connectivity index (χ1n) is 33.6. The van der Waals surface area contributed by atoms with Gasteiger partial charge in [-0.3, -0.25) is 0 Å². The Hall–Kier alpha value is -12.8. The molecule has 0 aliphatic carbocycles. The van der Waals surface area contributed by atoms with Crippen molar-refractivity contribution in [1.82, 2.24) is 27.4 Å². The summed E-state index contributed by atoms with van der Waals surface area (Å²) in [5, 5.41) is 14.2. The number of benzene rings is 15. The number of nitrogens with zero attached hydrogens (tertiary/aromatic N) is 6. The third kappa shape index (κ3) is 6.98. The molecule has 1 aliphatic heterocycles. The van der Waals surface area contributed by atoms with Crippen LogP contribution in [0.4, 0.5) is 0 Å². The Morgan fingerprint density at radius 3 is 0.804 bits per heavy atom. The smallest absolute Gasteiger partial charge is 0.248 e. The van der Waals surface area contributed by atoms with E-state index in [4.69, 9.17) is 0 Å². The van der Waals surface area contributed by atoms with Gasteiger partial charge in [-0.1, -0.05) is 266 Å². The first-order chi connectivity index (χ1) is 48.3. The second kappa shape index (κ2) is 19.9. The summed E-state index contributed by atoms with van der Waals surface area (Å²) in [6.45, 7) is -0.329. The van der Waals surface area contributed by atoms with E-state index in [1.54, 1.807) is 0 Å². The van der Waals surface area contributed by atoms with Gasteiger partial charge in [-0.15, -0.1) is 0 Å². The number of aromatic nitrogens is 6. The normalized spacial score (nSPS) is 12.5. The molecular weight excluding hydrogens is 1180 g/mol. The lowest BCUT2D eigenvalue weighted by Gasteiger charge is -2.33. The number of rotatable bonds is 7. The van der Waals surface area contributed by atoms with Gasteiger partial charge in [0.1, 0.15) is 0 Å². The van der Waals surface area contributed by atoms with Gasteiger partial charge in [0.15, 0.2) is 0 Å². The van der Waals surface area contributed by atoms with Crippen molar-refractivity contribution in [3.8, 4) is 45.3 Å². The molecule has 0 saturated carbocycles. The molecule has 7 heterocycles. The summed E-state index contributed by atoms with van der Waals surface area (Å²) in [7, 11) is 0. The van der Waals surface area contributed by atoms with Gasteiger partial charge < -0.3 is 27.4 Å². The summed E-state index contributed by atoms with van der Waals surface area (Å²) in [6.07, 6.45) is 0. The number of hydrogen-bond acceptors (Lipinski definition) is 0. The quantitative estimate of drug-likeness (QED) is 0.142. The lowest BCUT2D eigenvalue weighted by molar-refractivity contribution is 1.01. The van der Waals surface area contributed by atoms with Gasteiger partial charge in [-0.05, 0) is 95.5 Å². The summed E-state index contributed by atoms with van der Waals surface area (Å²) in [5.41, 5.74) is 26.0. The van der Waals surface area contributed by atoms with E-state index in [-0.39, 0.29) is 6.71 Å². The average molecular weight is 1230 g/mol. The molecule has 0 saturated heterocycles. The van der Waals surface area contributed by atoms with Gasteiger partial charge in [0.25, 0.3) is 0 Å². The molecular formula is C90H55BN6. The SMILES string of the molecule is c1ccc(-n2c3ccccc3c3ccc4c(c5ccccc5n4-c4c(-n5c6ccccc6c6ccccc65)c(-n5c6ccccc6c6ccccc65)c(B5c6ccccc6-c6ccccc65)c(-n5c6ccccc6c6ccccc65)c4-n4c5ccccc5c5ccccc54)c32)cc1. The van der Waals surface area contributed by atoms with E-state index in [1.165, 1.54) is 86.8 Å². The Kier molecular flexibility index (Phi) is 10.8. The maximum Gasteiger partial charge on any atom is 0.248 e. The van der Waals surface area contributed by atoms with Crippen molar-refractivity contribution in [1.29, 1.82) is 0 Å². The fourth-order valence-electron chi connectivity index (χ4n) is 17.8. The van der Waals surface area contributed by atoms with Crippen LogP contribution in [-0.2, 0) is 0 Å². The minimum atomic E-state index is -0.329. The topological polar surface area (TPSA) is 29.6 Å². The summed E-state index contributed by atoms with van der Waals surface area (Å²) in [6, 6.07) is 126. The van der Waals surface area contributed by atoms with Gasteiger partial charge in [0.05, 0.1) is 94.6 Å². The van der Waals surface area contributed by atoms with E-state index in [0.29, 0.717) is 0 Å². The molecule has 97 heavy (non-hydrogen) atoms. The van der Waals surface area contributed by atoms with Crippen molar-refractivity contribution in [2.24, 2.45) is 0 Å². The molecule has 0 bridgehead atoms. The molecule has 0 N–H and O–H groups in total. The molecule has 22 rings (SSSR count). The van der Waals surface area contributed by atoms with Gasteiger partial charge in [0, 0.05) is 70.3 Å². The molecule has 0 atom stereocenters. The molecule has 15 aromatic carbocycles. The van der Waals surface area contributed by atoms with Crippen LogP contribution in [0.25, 0.3) is 176 Å². The van der Waals surface area contributed by atoms with Crippen LogP contribution in [0, 0.1) is 0 Å². The Labute approximate surface area is 556 Å². The van der Waals surface area contributed by atoms with Crippen LogP contribution in [0.15, 0.2) is 334 Å². The minimum absolute atomic E-state index is 0.329. The standard InChI is InChI=1S/C90H55BN6/c1-2-28-56(29-3-1)92-72-44-18-14-40-67(72)68-54-55-82-83(85(68)92)69-41-15-27-53-81(69)97(82)90-88(95-77-49-23-10-36-63(77)64-37-11-24-50-78(64)95)86(93-73-45-19-6-32-59(73)60-33-7-20-46-74(60)93)84(91-70-42-16-4-30-57(70)58-31-5-17-43-71(58)91)87(94-75-47-21-8-34-61(75)62-35-9-22-48-76(62)94)89(90)96-79-51-25-12-38-65(79)66-39-13-26-52-80(66)96/h1-55H. The van der Waals surface area contributed by atoms with Crippen molar-refractivity contribution in [2.75, 3.05) is 0 Å². The molecule has 1 aliphatic rings. The molecule has 0 spiro atoms. The zero-order valence-electron chi connectivity index (χ0n) is 52.5. The first-order valence-corrected chi connectivity index (χ1v) is 33.6. The largest absolute Gasteiger partial charge is 0.309 e. The molecule has 6 aromatic heterocycles. The lowest BCUT2D eigenvalue weighted by Crippen LogP contribution is -2.52. The number of para-hydroxylation sites is 11. The molecule has 0 amide bonds. The van der Waals surface area contributed by atoms with Crippen LogP contribution in [0.2, 0.25) is 0 Å². The van der Waals surface area contributed by atoms with E-state index in [2.05, 4.69) is 361 Å². The highest BCUT2D eigenvalue weighted by molar-refractivity contribution is 7.00. The molecule has 0 radical (unpaired) electrons. The molecule has 448 valence electrons. The van der Waals surface area contributed by atoms with Crippen LogP contribution < -0.4 is 16.4 Å². The minimum Gasteiger partial charge on any atom is -0.309 e. The Morgan fingerprint density at radius 1 is 0.175 bits per heavy atom. The molecule has 7 heteroatoms. The van der Waals surface area contributed by atoms with Crippen LogP contribution in [0.3, 0.4) is 0 Å². The van der Waals surface area contributed by atoms with Crippen LogP contribution in [-0.4, -0.2) is 34.1 Å².